The van der Waals surface area contributed by atoms with Gasteiger partial charge >= 0.3 is 47.7 Å². The van der Waals surface area contributed by atoms with E-state index >= 15 is 0 Å². The summed E-state index contributed by atoms with van der Waals surface area (Å²) in [6.45, 7) is 3.19. The summed E-state index contributed by atoms with van der Waals surface area (Å²) in [6, 6.07) is 23.1. The minimum Gasteiger partial charge on any atom is -1.00 e. The number of hydrogen-bond acceptors (Lipinski definition) is 12. The van der Waals surface area contributed by atoms with Gasteiger partial charge in [-0.1, -0.05) is 18.2 Å². The molecule has 6 heterocycles. The van der Waals surface area contributed by atoms with Gasteiger partial charge in [0.2, 0.25) is 0 Å². The molecule has 3 saturated heterocycles. The smallest absolute Gasteiger partial charge is 1.00 e. The monoisotopic (exact) mass is 1240 g/mol. The Balaban J connectivity index is 0.000000189. The Labute approximate surface area is 535 Å². The average Bonchev–Trinajstić information content (AvgIpc) is 0.817. The summed E-state index contributed by atoms with van der Waals surface area (Å²) >= 11 is 0. The number of anilines is 3. The summed E-state index contributed by atoms with van der Waals surface area (Å²) in [4.78, 5) is 54.9. The molecule has 0 unspecified atom stereocenters. The number of nitrogens with one attached hydrogen (secondary N) is 6. The van der Waals surface area contributed by atoms with Crippen molar-refractivity contribution in [3.05, 3.63) is 177 Å². The van der Waals surface area contributed by atoms with Gasteiger partial charge in [-0.3, -0.25) is 4.79 Å². The first-order chi connectivity index (χ1) is 41.5. The normalized spacial score (nSPS) is 18.8. The molecule has 6 aliphatic rings. The number of phenolic OH excluding ortho intramolecular Hbond substituents is 3. The zero-order valence-electron chi connectivity index (χ0n) is 49.8. The second-order valence-corrected chi connectivity index (χ2v) is 23.2. The van der Waals surface area contributed by atoms with Crippen molar-refractivity contribution in [3.63, 3.8) is 0 Å². The van der Waals surface area contributed by atoms with Gasteiger partial charge in [-0.05, 0) is 111 Å². The number of Topliss-reactive ketones (excluding diaryl/α,β-unsaturated/α-hetero) is 1. The number of aliphatic hydroxyl groups excluding tert-OH is 2. The van der Waals surface area contributed by atoms with E-state index in [-0.39, 0.29) is 129 Å². The first-order valence-corrected chi connectivity index (χ1v) is 28.7. The van der Waals surface area contributed by atoms with Gasteiger partial charge in [0.25, 0.3) is 0 Å². The molecule has 6 aliphatic heterocycles. The van der Waals surface area contributed by atoms with Crippen LogP contribution in [-0.4, -0.2) is 128 Å². The number of aliphatic hydroxyl groups is 2. The Kier molecular flexibility index (Phi) is 21.4. The van der Waals surface area contributed by atoms with E-state index in [0.29, 0.717) is 130 Å². The number of piperidine rings is 3. The maximum Gasteiger partial charge on any atom is 1.00 e. The van der Waals surface area contributed by atoms with Crippen LogP contribution in [0.25, 0.3) is 0 Å². The van der Waals surface area contributed by atoms with E-state index in [9.17, 15) is 71.1 Å². The van der Waals surface area contributed by atoms with Gasteiger partial charge in [-0.25, -0.2) is 40.7 Å². The van der Waals surface area contributed by atoms with Crippen LogP contribution >= 0.6 is 0 Å². The van der Waals surface area contributed by atoms with Gasteiger partial charge in [0, 0.05) is 172 Å². The third-order valence-corrected chi connectivity index (χ3v) is 17.3. The Hall–Kier alpha value is -7.84. The number of benzene rings is 6. The molecule has 0 bridgehead atoms. The van der Waals surface area contributed by atoms with Crippen LogP contribution < -0.4 is 61.5 Å². The molecule has 2 atom stereocenters. The number of ketones is 1. The molecule has 3 radical (unpaired) electrons. The third-order valence-electron chi connectivity index (χ3n) is 17.3. The van der Waals surface area contributed by atoms with Crippen LogP contribution in [0.4, 0.5) is 57.8 Å². The largest absolute Gasteiger partial charge is 1.00 e. The Morgan fingerprint density at radius 1 is 0.461 bits per heavy atom. The van der Waals surface area contributed by atoms with Crippen LogP contribution in [0.1, 0.15) is 110 Å². The first kappa shape index (κ1) is 67.1. The second-order valence-electron chi connectivity index (χ2n) is 23.2. The number of fused-ring (bicyclic) bond motifs is 3. The van der Waals surface area contributed by atoms with Gasteiger partial charge in [0.05, 0.1) is 12.2 Å². The molecule has 6 aromatic carbocycles. The van der Waals surface area contributed by atoms with E-state index in [1.54, 1.807) is 32.9 Å². The molecule has 12 rings (SSSR count). The molecule has 0 saturated carbocycles. The minimum atomic E-state index is -0.747. The van der Waals surface area contributed by atoms with E-state index in [1.807, 2.05) is 0 Å². The number of amides is 6. The van der Waals surface area contributed by atoms with E-state index < -0.39 is 41.0 Å². The van der Waals surface area contributed by atoms with E-state index in [4.69, 9.17) is 0 Å². The molecule has 0 aliphatic carbocycles. The number of nitrogens with zero attached hydrogens (tertiary/aromatic N) is 3. The molecule has 6 amide bonds. The fourth-order valence-corrected chi connectivity index (χ4v) is 12.3. The molecule has 3 fully saturated rings. The second kappa shape index (κ2) is 28.3. The topological polar surface area (TPSA) is 251 Å². The van der Waals surface area contributed by atoms with Crippen LogP contribution in [0.3, 0.4) is 0 Å². The van der Waals surface area contributed by atoms with Crippen molar-refractivity contribution < 1.29 is 102 Å². The van der Waals surface area contributed by atoms with Crippen molar-refractivity contribution in [2.24, 2.45) is 0 Å². The predicted octanol–water partition coefficient (Wildman–Crippen LogP) is 6.68. The van der Waals surface area contributed by atoms with E-state index in [2.05, 4.69) is 31.9 Å². The molecule has 0 aromatic heterocycles. The summed E-state index contributed by atoms with van der Waals surface area (Å²) in [5.41, 5.74) is 3.79. The Bertz CT molecular complexity index is 3430. The number of halogens is 6. The fourth-order valence-electron chi connectivity index (χ4n) is 12.3. The van der Waals surface area contributed by atoms with E-state index in [0.717, 1.165) is 29.6 Å². The van der Waals surface area contributed by atoms with Crippen molar-refractivity contribution in [3.8, 4) is 17.2 Å². The van der Waals surface area contributed by atoms with Crippen molar-refractivity contribution in [2.75, 3.05) is 55.2 Å². The Morgan fingerprint density at radius 2 is 0.753 bits per heavy atom. The summed E-state index contributed by atoms with van der Waals surface area (Å²) in [6.07, 6.45) is 3.47. The van der Waals surface area contributed by atoms with Gasteiger partial charge in [0.15, 0.2) is 5.78 Å². The van der Waals surface area contributed by atoms with Crippen LogP contribution in [0.15, 0.2) is 109 Å². The maximum absolute atomic E-state index is 13.5. The summed E-state index contributed by atoms with van der Waals surface area (Å²) in [7, 11) is 0. The Morgan fingerprint density at radius 3 is 1.10 bits per heavy atom. The number of hydrogen-bond donors (Lipinski definition) is 11. The SMILES string of the molecule is O=C(NCc1ccc(F)cc1O)N1CCC2(CC1)C[C@@H](O)c1cc(F)ccc1N2.O=C(NCc1ccc(F)cc1O)N1CCC2(CC1)C[C@H](O)c1cc(F)ccc1N2.O=C1CC2(CCN(C(=O)NCc3ccc(F)cc3O)CC2)Nc2ccc(F)cc21.[B].[H-].[Na+]. The number of likely N-dealkylation sites (tertiary alicyclic amines) is 3. The number of urea groups is 3. The minimum absolute atomic E-state index is 0. The first-order valence-electron chi connectivity index (χ1n) is 28.7. The van der Waals surface area contributed by atoms with Crippen molar-refractivity contribution >= 4 is 49.4 Å². The molecule has 465 valence electrons. The maximum atomic E-state index is 13.5. The number of rotatable bonds is 6. The number of carbonyl (C=O) groups excluding carboxylic acids is 4. The van der Waals surface area contributed by atoms with Crippen molar-refractivity contribution in [1.82, 2.24) is 30.7 Å². The molecule has 18 nitrogen and oxygen atoms in total. The van der Waals surface area contributed by atoms with Crippen molar-refractivity contribution in [2.45, 2.75) is 106 Å². The zero-order chi connectivity index (χ0) is 61.8. The molecule has 6 aromatic rings. The van der Waals surface area contributed by atoms with Crippen LogP contribution in [0.5, 0.6) is 17.2 Å². The standard InChI is InChI=1S/2C21H23F2N3O3.C21H21F2N3O3.B.Na.H/c3*22-14-3-4-17-16(9-14)19(28)11-21(25-17)5-7-26(8-6-21)20(29)24-12-13-1-2-15(23)10-18(13)27;;;/h2*1-4,9-10,19,25,27-28H,5-8,11-12H2,(H,24,29);1-4,9-10,25,27H,5-8,11-12H2,(H,24,29);;;/q;;;;+1;-1/t2*19-;;;;/m10..../s1. The van der Waals surface area contributed by atoms with Crippen LogP contribution in [0.2, 0.25) is 0 Å². The van der Waals surface area contributed by atoms with Gasteiger partial charge < -0.3 is 73.6 Å². The van der Waals surface area contributed by atoms with E-state index in [1.165, 1.54) is 72.8 Å². The summed E-state index contributed by atoms with van der Waals surface area (Å²) < 4.78 is 79.5. The van der Waals surface area contributed by atoms with Crippen molar-refractivity contribution in [1.29, 1.82) is 0 Å². The predicted molar refractivity (Wildman–Crippen MR) is 317 cm³/mol. The summed E-state index contributed by atoms with van der Waals surface area (Å²) in [5.74, 6) is -3.50. The quantitative estimate of drug-likeness (QED) is 0.0618. The molecular weight excluding hydrogens is 1170 g/mol. The van der Waals surface area contributed by atoms with Gasteiger partial charge in [-0.15, -0.1) is 0 Å². The van der Waals surface area contributed by atoms with Gasteiger partial charge in [0.1, 0.15) is 52.2 Å². The average molecular weight is 1240 g/mol. The number of aromatic hydroxyl groups is 3. The zero-order valence-corrected chi connectivity index (χ0v) is 50.8. The number of phenols is 3. The third kappa shape index (κ3) is 16.0. The van der Waals surface area contributed by atoms with Crippen LogP contribution in [0, 0.1) is 34.9 Å². The molecule has 11 N–H and O–H groups in total. The molecule has 89 heavy (non-hydrogen) atoms. The summed E-state index contributed by atoms with van der Waals surface area (Å²) in [5, 5.41) is 68.7. The molecular formula is C63H68BF6N9NaO9. The molecule has 3 spiro atoms. The number of carbonyl (C=O) groups is 4. The van der Waals surface area contributed by atoms with Crippen LogP contribution in [-0.2, 0) is 19.6 Å². The molecule has 26 heteroatoms. The fraction of sp³-hybridized carbons (Fsp3) is 0.365. The van der Waals surface area contributed by atoms with Gasteiger partial charge in [-0.2, -0.15) is 0 Å².